The fourth-order valence-corrected chi connectivity index (χ4v) is 10.1. The van der Waals surface area contributed by atoms with Crippen molar-refractivity contribution >= 4 is 120 Å². The first-order valence-corrected chi connectivity index (χ1v) is 40.5. The number of aliphatic carboxylic acids is 16. The smallest absolute Gasteiger partial charge is 0.303 e. The van der Waals surface area contributed by atoms with Gasteiger partial charge in [-0.2, -0.15) is 0 Å². The topological polar surface area (TPSA) is 597 Å². The SMILES string of the molecule is Cl.Cl.O=C(O)CCCCCCCCC(=O)O.O=C(O)CCCCCCCCC(=O)O.O=C(O)CCCCCCCCC(=O)O.O=C(O)CCCCCCCCC(=O)O.O=C(O)CCCCCCCCC(=O)O.O=C(O)CCCCCCCCC(=O)O.O=C(O)CCCCCCCCC(=O)O.O=C(O)CCCCCCCCC(=O)O. The molecule has 16 N–H and O–H groups in total. The van der Waals surface area contributed by atoms with Crippen LogP contribution in [0.4, 0.5) is 0 Å². The molecule has 34 heteroatoms. The minimum absolute atomic E-state index is 0. The Morgan fingerprint density at radius 2 is 0.123 bits per heavy atom. The van der Waals surface area contributed by atoms with Crippen LogP contribution in [0.3, 0.4) is 0 Å². The minimum atomic E-state index is -0.740. The van der Waals surface area contributed by atoms with Gasteiger partial charge >= 0.3 is 95.5 Å². The average Bonchev–Trinajstić information content (AvgIpc) is 1.27. The van der Waals surface area contributed by atoms with E-state index in [0.29, 0.717) is 0 Å². The van der Waals surface area contributed by atoms with Crippen LogP contribution in [0.2, 0.25) is 0 Å². The highest BCUT2D eigenvalue weighted by molar-refractivity contribution is 5.85. The molecule has 0 radical (unpaired) electrons. The Bertz CT molecular complexity index is 1750. The van der Waals surface area contributed by atoms with E-state index >= 15 is 0 Å². The lowest BCUT2D eigenvalue weighted by Crippen LogP contribution is -1.94. The first kappa shape index (κ1) is 127. The van der Waals surface area contributed by atoms with Gasteiger partial charge in [0.15, 0.2) is 0 Å². The van der Waals surface area contributed by atoms with E-state index in [1.807, 2.05) is 0 Å². The van der Waals surface area contributed by atoms with Gasteiger partial charge in [0.2, 0.25) is 0 Å². The molecular weight excluding hydrogens is 1540 g/mol. The lowest BCUT2D eigenvalue weighted by atomic mass is 10.1. The molecule has 0 heterocycles. The summed E-state index contributed by atoms with van der Waals surface area (Å²) in [5.41, 5.74) is 0. The molecule has 672 valence electrons. The van der Waals surface area contributed by atoms with E-state index in [0.717, 1.165) is 308 Å². The Kier molecular flexibility index (Phi) is 117. The quantitative estimate of drug-likeness (QED) is 0.0251. The molecule has 0 fully saturated rings. The number of carboxylic acid groups (broad SMARTS) is 16. The van der Waals surface area contributed by atoms with Crippen LogP contribution in [0, 0.1) is 0 Å². The van der Waals surface area contributed by atoms with Gasteiger partial charge in [0.25, 0.3) is 0 Å². The fraction of sp³-hybridized carbons (Fsp3) is 0.800. The van der Waals surface area contributed by atoms with Crippen LogP contribution in [0.5, 0.6) is 0 Å². The van der Waals surface area contributed by atoms with Gasteiger partial charge in [-0.1, -0.05) is 205 Å². The van der Waals surface area contributed by atoms with E-state index in [-0.39, 0.29) is 128 Å². The summed E-state index contributed by atoms with van der Waals surface area (Å²) in [6, 6.07) is 0. The van der Waals surface area contributed by atoms with Crippen molar-refractivity contribution in [3.63, 3.8) is 0 Å². The summed E-state index contributed by atoms with van der Waals surface area (Å²) in [5.74, 6) is -11.8. The zero-order chi connectivity index (χ0) is 86.5. The molecule has 0 aromatic rings. The lowest BCUT2D eigenvalue weighted by Gasteiger charge is -1.98. The van der Waals surface area contributed by atoms with Gasteiger partial charge in [-0.15, -0.1) is 24.8 Å². The molecular formula is C80H146Cl2O32. The molecule has 0 amide bonds. The highest BCUT2D eigenvalue weighted by Gasteiger charge is 2.07. The summed E-state index contributed by atoms with van der Waals surface area (Å²) in [5, 5.41) is 134. The molecule has 0 atom stereocenters. The molecule has 0 aliphatic heterocycles. The number of hydrogen-bond acceptors (Lipinski definition) is 16. The molecule has 114 heavy (non-hydrogen) atoms. The van der Waals surface area contributed by atoms with Crippen LogP contribution in [0.1, 0.15) is 411 Å². The van der Waals surface area contributed by atoms with Crippen LogP contribution < -0.4 is 0 Å². The third-order valence-electron chi connectivity index (χ3n) is 16.3. The fourth-order valence-electron chi connectivity index (χ4n) is 10.1. The largest absolute Gasteiger partial charge is 0.481 e. The summed E-state index contributed by atoms with van der Waals surface area (Å²) in [7, 11) is 0. The summed E-state index contributed by atoms with van der Waals surface area (Å²) in [6.45, 7) is 0. The van der Waals surface area contributed by atoms with E-state index in [1.165, 1.54) is 0 Å². The zero-order valence-corrected chi connectivity index (χ0v) is 69.4. The molecule has 0 aliphatic carbocycles. The molecule has 0 saturated heterocycles. The third-order valence-corrected chi connectivity index (χ3v) is 16.3. The van der Waals surface area contributed by atoms with Crippen LogP contribution >= 0.6 is 24.8 Å². The molecule has 0 unspecified atom stereocenters. The Hall–Kier alpha value is -7.90. The van der Waals surface area contributed by atoms with Crippen molar-refractivity contribution in [1.82, 2.24) is 0 Å². The number of unbranched alkanes of at least 4 members (excludes halogenated alkanes) is 40. The summed E-state index contributed by atoms with van der Waals surface area (Å²) >= 11 is 0. The highest BCUT2D eigenvalue weighted by atomic mass is 35.5. The number of rotatable bonds is 72. The van der Waals surface area contributed by atoms with Gasteiger partial charge in [0.05, 0.1) is 0 Å². The molecule has 0 rings (SSSR count). The maximum absolute atomic E-state index is 10.1. The Morgan fingerprint density at radius 1 is 0.0877 bits per heavy atom. The second kappa shape index (κ2) is 105. The van der Waals surface area contributed by atoms with E-state index < -0.39 is 95.5 Å². The molecule has 0 aromatic carbocycles. The monoisotopic (exact) mass is 1690 g/mol. The Morgan fingerprint density at radius 3 is 0.158 bits per heavy atom. The van der Waals surface area contributed by atoms with Crippen LogP contribution in [-0.2, 0) is 76.7 Å². The maximum atomic E-state index is 10.1. The van der Waals surface area contributed by atoms with Crippen LogP contribution in [0.15, 0.2) is 0 Å². The first-order valence-electron chi connectivity index (χ1n) is 40.5. The van der Waals surface area contributed by atoms with E-state index in [1.54, 1.807) is 0 Å². The van der Waals surface area contributed by atoms with Gasteiger partial charge in [-0.05, 0) is 103 Å². The summed E-state index contributed by atoms with van der Waals surface area (Å²) in [4.78, 5) is 162. The van der Waals surface area contributed by atoms with Crippen molar-refractivity contribution in [2.24, 2.45) is 0 Å². The van der Waals surface area contributed by atoms with Crippen molar-refractivity contribution in [3.05, 3.63) is 0 Å². The van der Waals surface area contributed by atoms with Crippen molar-refractivity contribution in [3.8, 4) is 0 Å². The van der Waals surface area contributed by atoms with Crippen molar-refractivity contribution < 1.29 is 158 Å². The van der Waals surface area contributed by atoms with Gasteiger partial charge < -0.3 is 81.7 Å². The molecule has 0 spiro atoms. The van der Waals surface area contributed by atoms with E-state index in [2.05, 4.69) is 0 Å². The highest BCUT2D eigenvalue weighted by Crippen LogP contribution is 2.15. The Balaban J connectivity index is -0.000000135. The number of carboxylic acids is 16. The molecule has 0 aliphatic rings. The standard InChI is InChI=1S/8C10H18O4.2ClH/c8*11-9(12)7-5-3-1-2-4-6-8-10(13)14;;/h8*1-8H2,(H,11,12)(H,13,14);2*1H. The summed E-state index contributed by atoms with van der Waals surface area (Å²) in [6.07, 6.45) is 46.6. The zero-order valence-electron chi connectivity index (χ0n) is 67.8. The molecule has 0 saturated carbocycles. The molecule has 0 aromatic heterocycles. The predicted octanol–water partition coefficient (Wildman–Crippen LogP) is 19.1. The van der Waals surface area contributed by atoms with E-state index in [4.69, 9.17) is 81.7 Å². The maximum Gasteiger partial charge on any atom is 0.303 e. The van der Waals surface area contributed by atoms with Gasteiger partial charge in [-0.3, -0.25) is 76.7 Å². The second-order valence-electron chi connectivity index (χ2n) is 27.3. The summed E-state index contributed by atoms with van der Waals surface area (Å²) < 4.78 is 0. The van der Waals surface area contributed by atoms with Gasteiger partial charge in [-0.25, -0.2) is 0 Å². The molecule has 32 nitrogen and oxygen atoms in total. The Labute approximate surface area is 686 Å². The number of halogens is 2. The van der Waals surface area contributed by atoms with Gasteiger partial charge in [0.1, 0.15) is 0 Å². The van der Waals surface area contributed by atoms with Crippen molar-refractivity contribution in [1.29, 1.82) is 0 Å². The van der Waals surface area contributed by atoms with Crippen molar-refractivity contribution in [2.45, 2.75) is 411 Å². The number of carbonyl (C=O) groups is 16. The van der Waals surface area contributed by atoms with Gasteiger partial charge in [0, 0.05) is 103 Å². The van der Waals surface area contributed by atoms with E-state index in [9.17, 15) is 76.7 Å². The predicted molar refractivity (Wildman–Crippen MR) is 432 cm³/mol. The normalized spacial score (nSPS) is 9.82. The minimum Gasteiger partial charge on any atom is -0.481 e. The van der Waals surface area contributed by atoms with Crippen LogP contribution in [-0.4, -0.2) is 177 Å². The lowest BCUT2D eigenvalue weighted by molar-refractivity contribution is -0.138. The first-order chi connectivity index (χ1) is 53.0. The number of hydrogen-bond donors (Lipinski definition) is 16. The molecule has 0 bridgehead atoms. The third kappa shape index (κ3) is 172. The average molecular weight is 1690 g/mol. The second-order valence-corrected chi connectivity index (χ2v) is 27.3. The van der Waals surface area contributed by atoms with Crippen molar-refractivity contribution in [2.75, 3.05) is 0 Å². The van der Waals surface area contributed by atoms with Crippen LogP contribution in [0.25, 0.3) is 0 Å².